The van der Waals surface area contributed by atoms with Gasteiger partial charge in [-0.2, -0.15) is 5.10 Å². The Labute approximate surface area is 117 Å². The number of nitrogens with zero attached hydrogens (tertiary/aromatic N) is 3. The molecule has 1 aliphatic rings. The average Bonchev–Trinajstić information content (AvgIpc) is 3.31. The number of aromatic nitrogens is 2. The molecule has 20 heavy (non-hydrogen) atoms. The number of urea groups is 1. The number of benzene rings is 1. The molecule has 0 radical (unpaired) electrons. The minimum Gasteiger partial charge on any atom is -0.317 e. The summed E-state index contributed by atoms with van der Waals surface area (Å²) in [4.78, 5) is 14.2. The van der Waals surface area contributed by atoms with E-state index in [9.17, 15) is 4.79 Å². The van der Waals surface area contributed by atoms with Gasteiger partial charge in [-0.05, 0) is 30.5 Å². The fourth-order valence-corrected chi connectivity index (χ4v) is 2.08. The molecule has 1 fully saturated rings. The summed E-state index contributed by atoms with van der Waals surface area (Å²) < 4.78 is 0. The number of rotatable bonds is 4. The van der Waals surface area contributed by atoms with E-state index in [1.54, 1.807) is 18.3 Å². The summed E-state index contributed by atoms with van der Waals surface area (Å²) in [6, 6.07) is 13.7. The number of carbonyl (C=O) groups excluding carboxylic acids is 1. The lowest BCUT2D eigenvalue weighted by Crippen LogP contribution is -2.36. The Hall–Kier alpha value is -2.43. The van der Waals surface area contributed by atoms with Crippen molar-refractivity contribution < 1.29 is 4.79 Å². The standard InChI is InChI=1S/C15H16N4O/c20-15(17-14-7-4-10-16-18-14)19(13-8-9-13)11-12-5-2-1-3-6-12/h1-7,10,13H,8-9,11H2,(H,17,18,20). The highest BCUT2D eigenvalue weighted by Gasteiger charge is 2.32. The maximum atomic E-state index is 12.3. The fourth-order valence-electron chi connectivity index (χ4n) is 2.08. The van der Waals surface area contributed by atoms with Gasteiger partial charge < -0.3 is 4.90 Å². The van der Waals surface area contributed by atoms with Crippen molar-refractivity contribution in [3.05, 3.63) is 54.2 Å². The number of hydrogen-bond acceptors (Lipinski definition) is 3. The van der Waals surface area contributed by atoms with E-state index in [2.05, 4.69) is 15.5 Å². The molecule has 1 aromatic carbocycles. The predicted molar refractivity (Wildman–Crippen MR) is 76.1 cm³/mol. The molecule has 1 aromatic heterocycles. The lowest BCUT2D eigenvalue weighted by molar-refractivity contribution is 0.206. The van der Waals surface area contributed by atoms with Crippen LogP contribution in [0.15, 0.2) is 48.7 Å². The summed E-state index contributed by atoms with van der Waals surface area (Å²) in [6.45, 7) is 0.623. The van der Waals surface area contributed by atoms with Gasteiger partial charge in [0.15, 0.2) is 5.82 Å². The van der Waals surface area contributed by atoms with Crippen molar-refractivity contribution in [3.8, 4) is 0 Å². The third kappa shape index (κ3) is 3.12. The van der Waals surface area contributed by atoms with E-state index in [1.807, 2.05) is 35.2 Å². The van der Waals surface area contributed by atoms with Gasteiger partial charge in [0.2, 0.25) is 0 Å². The highest BCUT2D eigenvalue weighted by molar-refractivity contribution is 5.88. The predicted octanol–water partition coefficient (Wildman–Crippen LogP) is 2.67. The number of amides is 2. The van der Waals surface area contributed by atoms with Crippen LogP contribution in [0.1, 0.15) is 18.4 Å². The molecule has 2 aromatic rings. The van der Waals surface area contributed by atoms with Crippen molar-refractivity contribution >= 4 is 11.8 Å². The van der Waals surface area contributed by atoms with Crippen molar-refractivity contribution in [1.29, 1.82) is 0 Å². The van der Waals surface area contributed by atoms with Crippen LogP contribution < -0.4 is 5.32 Å². The van der Waals surface area contributed by atoms with Crippen molar-refractivity contribution in [2.45, 2.75) is 25.4 Å². The van der Waals surface area contributed by atoms with E-state index in [0.717, 1.165) is 18.4 Å². The summed E-state index contributed by atoms with van der Waals surface area (Å²) in [7, 11) is 0. The molecule has 3 rings (SSSR count). The zero-order valence-corrected chi connectivity index (χ0v) is 11.1. The topological polar surface area (TPSA) is 58.1 Å². The van der Waals surface area contributed by atoms with Crippen LogP contribution in [0, 0.1) is 0 Å². The van der Waals surface area contributed by atoms with Gasteiger partial charge in [-0.1, -0.05) is 30.3 Å². The second-order valence-electron chi connectivity index (χ2n) is 4.88. The first kappa shape index (κ1) is 12.6. The second-order valence-corrected chi connectivity index (χ2v) is 4.88. The number of hydrogen-bond donors (Lipinski definition) is 1. The minimum atomic E-state index is -0.114. The summed E-state index contributed by atoms with van der Waals surface area (Å²) >= 11 is 0. The van der Waals surface area contributed by atoms with Crippen molar-refractivity contribution in [2.24, 2.45) is 0 Å². The summed E-state index contributed by atoms with van der Waals surface area (Å²) in [5.74, 6) is 0.483. The molecule has 1 N–H and O–H groups in total. The first-order valence-corrected chi connectivity index (χ1v) is 6.72. The van der Waals surface area contributed by atoms with Crippen LogP contribution >= 0.6 is 0 Å². The maximum absolute atomic E-state index is 12.3. The third-order valence-corrected chi connectivity index (χ3v) is 3.25. The van der Waals surface area contributed by atoms with E-state index >= 15 is 0 Å². The smallest absolute Gasteiger partial charge is 0.317 e. The lowest BCUT2D eigenvalue weighted by Gasteiger charge is -2.22. The lowest BCUT2D eigenvalue weighted by atomic mass is 10.2. The highest BCUT2D eigenvalue weighted by atomic mass is 16.2. The Morgan fingerprint density at radius 1 is 1.20 bits per heavy atom. The van der Waals surface area contributed by atoms with E-state index in [0.29, 0.717) is 18.4 Å². The Kier molecular flexibility index (Phi) is 3.58. The van der Waals surface area contributed by atoms with Gasteiger partial charge in [-0.15, -0.1) is 5.10 Å². The first-order chi connectivity index (χ1) is 9.83. The molecule has 1 heterocycles. The van der Waals surface area contributed by atoms with Crippen LogP contribution in [0.25, 0.3) is 0 Å². The van der Waals surface area contributed by atoms with E-state index in [1.165, 1.54) is 0 Å². The Bertz CT molecular complexity index is 569. The molecular weight excluding hydrogens is 252 g/mol. The van der Waals surface area contributed by atoms with E-state index < -0.39 is 0 Å². The molecule has 0 bridgehead atoms. The fraction of sp³-hybridized carbons (Fsp3) is 0.267. The van der Waals surface area contributed by atoms with Gasteiger partial charge in [0.05, 0.1) is 0 Å². The molecule has 1 saturated carbocycles. The molecule has 2 amide bonds. The van der Waals surface area contributed by atoms with Gasteiger partial charge in [0.25, 0.3) is 0 Å². The van der Waals surface area contributed by atoms with Gasteiger partial charge >= 0.3 is 6.03 Å². The van der Waals surface area contributed by atoms with Crippen LogP contribution in [0.2, 0.25) is 0 Å². The number of carbonyl (C=O) groups is 1. The molecule has 5 nitrogen and oxygen atoms in total. The van der Waals surface area contributed by atoms with Crippen LogP contribution in [0.4, 0.5) is 10.6 Å². The van der Waals surface area contributed by atoms with E-state index in [4.69, 9.17) is 0 Å². The maximum Gasteiger partial charge on any atom is 0.323 e. The quantitative estimate of drug-likeness (QED) is 0.927. The monoisotopic (exact) mass is 268 g/mol. The molecule has 1 aliphatic carbocycles. The zero-order valence-electron chi connectivity index (χ0n) is 11.1. The van der Waals surface area contributed by atoms with Gasteiger partial charge in [0, 0.05) is 18.8 Å². The molecule has 5 heteroatoms. The van der Waals surface area contributed by atoms with Gasteiger partial charge in [0.1, 0.15) is 0 Å². The Morgan fingerprint density at radius 2 is 2.00 bits per heavy atom. The molecule has 0 saturated heterocycles. The number of anilines is 1. The highest BCUT2D eigenvalue weighted by Crippen LogP contribution is 2.28. The third-order valence-electron chi connectivity index (χ3n) is 3.25. The van der Waals surface area contributed by atoms with Gasteiger partial charge in [-0.3, -0.25) is 5.32 Å². The van der Waals surface area contributed by atoms with Gasteiger partial charge in [-0.25, -0.2) is 4.79 Å². The number of nitrogens with one attached hydrogen (secondary N) is 1. The van der Waals surface area contributed by atoms with Crippen LogP contribution in [0.3, 0.4) is 0 Å². The molecule has 0 aliphatic heterocycles. The first-order valence-electron chi connectivity index (χ1n) is 6.72. The molecule has 0 spiro atoms. The van der Waals surface area contributed by atoms with E-state index in [-0.39, 0.29) is 6.03 Å². The molecule has 0 unspecified atom stereocenters. The molecular formula is C15H16N4O. The zero-order chi connectivity index (χ0) is 13.8. The Balaban J connectivity index is 1.69. The van der Waals surface area contributed by atoms with Crippen molar-refractivity contribution in [1.82, 2.24) is 15.1 Å². The summed E-state index contributed by atoms with van der Waals surface area (Å²) in [5.41, 5.74) is 1.13. The van der Waals surface area contributed by atoms with Crippen molar-refractivity contribution in [3.63, 3.8) is 0 Å². The summed E-state index contributed by atoms with van der Waals surface area (Å²) in [5, 5.41) is 10.4. The normalized spacial score (nSPS) is 13.8. The van der Waals surface area contributed by atoms with Crippen molar-refractivity contribution in [2.75, 3.05) is 5.32 Å². The van der Waals surface area contributed by atoms with Crippen LogP contribution in [0.5, 0.6) is 0 Å². The summed E-state index contributed by atoms with van der Waals surface area (Å²) in [6.07, 6.45) is 3.72. The SMILES string of the molecule is O=C(Nc1cccnn1)N(Cc1ccccc1)C1CC1. The average molecular weight is 268 g/mol. The van der Waals surface area contributed by atoms with Crippen LogP contribution in [-0.2, 0) is 6.54 Å². The molecule has 102 valence electrons. The minimum absolute atomic E-state index is 0.114. The Morgan fingerprint density at radius 3 is 2.65 bits per heavy atom. The van der Waals surface area contributed by atoms with Crippen LogP contribution in [-0.4, -0.2) is 27.2 Å². The molecule has 0 atom stereocenters. The second kappa shape index (κ2) is 5.69. The largest absolute Gasteiger partial charge is 0.323 e.